The van der Waals surface area contributed by atoms with Gasteiger partial charge in [0.2, 0.25) is 0 Å². The van der Waals surface area contributed by atoms with E-state index in [9.17, 15) is 24.6 Å². The van der Waals surface area contributed by atoms with Crippen LogP contribution >= 0.6 is 15.9 Å². The molecule has 1 amide bonds. The SMILES string of the molecule is O=C([O-])c1ccc(C(=O)Nc2ccc(Br)cc2)c(C(=O)[O-])c1. The highest BCUT2D eigenvalue weighted by atomic mass is 79.9. The van der Waals surface area contributed by atoms with Crippen molar-refractivity contribution in [3.05, 3.63) is 63.6 Å². The molecule has 0 aliphatic rings. The average Bonchev–Trinajstić information content (AvgIpc) is 2.48. The number of carboxylic acids is 2. The van der Waals surface area contributed by atoms with Crippen LogP contribution in [0.15, 0.2) is 46.9 Å². The van der Waals surface area contributed by atoms with Crippen molar-refractivity contribution in [3.8, 4) is 0 Å². The Bertz CT molecular complexity index is 755. The van der Waals surface area contributed by atoms with Crippen LogP contribution in [-0.2, 0) is 0 Å². The molecule has 0 spiro atoms. The molecule has 0 saturated carbocycles. The fourth-order valence-electron chi connectivity index (χ4n) is 1.77. The molecule has 0 fully saturated rings. The number of anilines is 1. The fraction of sp³-hybridized carbons (Fsp3) is 0. The number of carboxylic acid groups (broad SMARTS) is 2. The van der Waals surface area contributed by atoms with Crippen LogP contribution in [0.3, 0.4) is 0 Å². The van der Waals surface area contributed by atoms with E-state index in [-0.39, 0.29) is 11.1 Å². The Labute approximate surface area is 133 Å². The minimum absolute atomic E-state index is 0.201. The Morgan fingerprint density at radius 3 is 2.05 bits per heavy atom. The number of hydrogen-bond donors (Lipinski definition) is 1. The second kappa shape index (κ2) is 6.40. The maximum absolute atomic E-state index is 12.1. The monoisotopic (exact) mass is 361 g/mol. The van der Waals surface area contributed by atoms with Gasteiger partial charge in [0.25, 0.3) is 5.91 Å². The molecule has 112 valence electrons. The standard InChI is InChI=1S/C15H10BrNO5/c16-9-2-4-10(5-3-9)17-13(18)11-6-1-8(14(19)20)7-12(11)15(21)22/h1-7H,(H,17,18)(H,19,20)(H,21,22)/p-2. The molecule has 0 saturated heterocycles. The fourth-order valence-corrected chi connectivity index (χ4v) is 2.03. The molecule has 2 aromatic carbocycles. The molecule has 1 N–H and O–H groups in total. The van der Waals surface area contributed by atoms with Crippen molar-refractivity contribution < 1.29 is 24.6 Å². The second-order valence-electron chi connectivity index (χ2n) is 4.30. The van der Waals surface area contributed by atoms with Crippen molar-refractivity contribution >= 4 is 39.5 Å². The lowest BCUT2D eigenvalue weighted by Crippen LogP contribution is -2.28. The molecule has 2 rings (SSSR count). The van der Waals surface area contributed by atoms with Gasteiger partial charge in [-0.05, 0) is 42.0 Å². The van der Waals surface area contributed by atoms with E-state index in [1.54, 1.807) is 24.3 Å². The van der Waals surface area contributed by atoms with E-state index in [0.29, 0.717) is 5.69 Å². The lowest BCUT2D eigenvalue weighted by Gasteiger charge is -2.13. The number of carbonyl (C=O) groups is 3. The Balaban J connectivity index is 2.34. The van der Waals surface area contributed by atoms with Crippen LogP contribution in [0.1, 0.15) is 31.1 Å². The molecule has 7 heteroatoms. The normalized spacial score (nSPS) is 10.0. The van der Waals surface area contributed by atoms with Crippen molar-refractivity contribution in [3.63, 3.8) is 0 Å². The summed E-state index contributed by atoms with van der Waals surface area (Å²) in [5.41, 5.74) is -0.606. The van der Waals surface area contributed by atoms with E-state index >= 15 is 0 Å². The smallest absolute Gasteiger partial charge is 0.256 e. The Morgan fingerprint density at radius 2 is 1.50 bits per heavy atom. The van der Waals surface area contributed by atoms with Crippen molar-refractivity contribution in [1.82, 2.24) is 0 Å². The van der Waals surface area contributed by atoms with Gasteiger partial charge in [0, 0.05) is 21.3 Å². The molecular formula is C15H8BrNO5-2. The topological polar surface area (TPSA) is 109 Å². The van der Waals surface area contributed by atoms with E-state index in [2.05, 4.69) is 21.2 Å². The number of halogens is 1. The average molecular weight is 362 g/mol. The zero-order valence-electron chi connectivity index (χ0n) is 11.0. The van der Waals surface area contributed by atoms with E-state index in [1.165, 1.54) is 0 Å². The van der Waals surface area contributed by atoms with Gasteiger partial charge in [-0.3, -0.25) is 4.79 Å². The first-order valence-electron chi connectivity index (χ1n) is 6.02. The maximum Gasteiger partial charge on any atom is 0.256 e. The van der Waals surface area contributed by atoms with Gasteiger partial charge in [0.15, 0.2) is 0 Å². The van der Waals surface area contributed by atoms with Gasteiger partial charge in [0.05, 0.1) is 11.9 Å². The van der Waals surface area contributed by atoms with Crippen LogP contribution in [0.25, 0.3) is 0 Å². The first-order chi connectivity index (χ1) is 10.4. The summed E-state index contributed by atoms with van der Waals surface area (Å²) >= 11 is 3.25. The van der Waals surface area contributed by atoms with E-state index in [4.69, 9.17) is 0 Å². The molecule has 0 heterocycles. The quantitative estimate of drug-likeness (QED) is 0.848. The zero-order chi connectivity index (χ0) is 16.3. The first kappa shape index (κ1) is 15.7. The van der Waals surface area contributed by atoms with Crippen molar-refractivity contribution in [2.45, 2.75) is 0 Å². The first-order valence-corrected chi connectivity index (χ1v) is 6.81. The van der Waals surface area contributed by atoms with Gasteiger partial charge in [-0.15, -0.1) is 0 Å². The van der Waals surface area contributed by atoms with Gasteiger partial charge in [-0.1, -0.05) is 22.0 Å². The molecule has 0 atom stereocenters. The van der Waals surface area contributed by atoms with Crippen molar-refractivity contribution in [2.75, 3.05) is 5.32 Å². The summed E-state index contributed by atoms with van der Waals surface area (Å²) < 4.78 is 0.819. The number of benzene rings is 2. The van der Waals surface area contributed by atoms with Crippen LogP contribution in [0, 0.1) is 0 Å². The summed E-state index contributed by atoms with van der Waals surface area (Å²) in [5.74, 6) is -3.88. The molecule has 0 aliphatic heterocycles. The number of nitrogens with one attached hydrogen (secondary N) is 1. The summed E-state index contributed by atoms with van der Waals surface area (Å²) in [6.07, 6.45) is 0. The third-order valence-electron chi connectivity index (χ3n) is 2.82. The van der Waals surface area contributed by atoms with Gasteiger partial charge >= 0.3 is 0 Å². The molecular weight excluding hydrogens is 354 g/mol. The van der Waals surface area contributed by atoms with Crippen LogP contribution in [0.4, 0.5) is 5.69 Å². The zero-order valence-corrected chi connectivity index (χ0v) is 12.5. The largest absolute Gasteiger partial charge is 0.545 e. The molecule has 0 aromatic heterocycles. The van der Waals surface area contributed by atoms with Crippen LogP contribution < -0.4 is 15.5 Å². The molecule has 6 nitrogen and oxygen atoms in total. The van der Waals surface area contributed by atoms with Crippen LogP contribution in [0.5, 0.6) is 0 Å². The highest BCUT2D eigenvalue weighted by Crippen LogP contribution is 2.17. The molecule has 2 aromatic rings. The summed E-state index contributed by atoms with van der Waals surface area (Å²) in [6, 6.07) is 9.68. The van der Waals surface area contributed by atoms with E-state index in [0.717, 1.165) is 22.7 Å². The van der Waals surface area contributed by atoms with Gasteiger partial charge in [-0.2, -0.15) is 0 Å². The highest BCUT2D eigenvalue weighted by Gasteiger charge is 2.13. The molecule has 0 aliphatic carbocycles. The number of carbonyl (C=O) groups excluding carboxylic acids is 3. The Morgan fingerprint density at radius 1 is 0.864 bits per heavy atom. The summed E-state index contributed by atoms with van der Waals surface area (Å²) in [6.45, 7) is 0. The van der Waals surface area contributed by atoms with Crippen LogP contribution in [0.2, 0.25) is 0 Å². The van der Waals surface area contributed by atoms with Gasteiger partial charge in [-0.25, -0.2) is 0 Å². The van der Waals surface area contributed by atoms with Crippen molar-refractivity contribution in [2.24, 2.45) is 0 Å². The molecule has 0 bridgehead atoms. The minimum atomic E-state index is -1.65. The number of hydrogen-bond acceptors (Lipinski definition) is 5. The lowest BCUT2D eigenvalue weighted by molar-refractivity contribution is -0.255. The second-order valence-corrected chi connectivity index (χ2v) is 5.21. The number of amides is 1. The summed E-state index contributed by atoms with van der Waals surface area (Å²) in [7, 11) is 0. The van der Waals surface area contributed by atoms with Gasteiger partial charge < -0.3 is 25.1 Å². The van der Waals surface area contributed by atoms with E-state index in [1.807, 2.05) is 0 Å². The summed E-state index contributed by atoms with van der Waals surface area (Å²) in [4.78, 5) is 34.0. The third kappa shape index (κ3) is 3.50. The maximum atomic E-state index is 12.1. The number of aromatic carboxylic acids is 2. The number of rotatable bonds is 4. The van der Waals surface area contributed by atoms with Crippen molar-refractivity contribution in [1.29, 1.82) is 0 Å². The molecule has 22 heavy (non-hydrogen) atoms. The molecule has 0 unspecified atom stereocenters. The van der Waals surface area contributed by atoms with Gasteiger partial charge in [0.1, 0.15) is 0 Å². The highest BCUT2D eigenvalue weighted by molar-refractivity contribution is 9.10. The molecule has 0 radical (unpaired) electrons. The predicted octanol–water partition coefficient (Wildman–Crippen LogP) is 0.428. The predicted molar refractivity (Wildman–Crippen MR) is 77.2 cm³/mol. The third-order valence-corrected chi connectivity index (χ3v) is 3.35. The Kier molecular flexibility index (Phi) is 4.57. The van der Waals surface area contributed by atoms with E-state index < -0.39 is 23.4 Å². The summed E-state index contributed by atoms with van der Waals surface area (Å²) in [5, 5.41) is 24.4. The van der Waals surface area contributed by atoms with Crippen LogP contribution in [-0.4, -0.2) is 17.8 Å². The minimum Gasteiger partial charge on any atom is -0.545 e. The Hall–Kier alpha value is -2.67. The lowest BCUT2D eigenvalue weighted by atomic mass is 10.0.